The largest absolute Gasteiger partial charge is 0.493 e. The Morgan fingerprint density at radius 2 is 1.89 bits per heavy atom. The summed E-state index contributed by atoms with van der Waals surface area (Å²) in [6.07, 6.45) is 0. The molecule has 9 nitrogen and oxygen atoms in total. The van der Waals surface area contributed by atoms with Crippen LogP contribution in [0.2, 0.25) is 5.02 Å². The zero-order chi connectivity index (χ0) is 25.2. The summed E-state index contributed by atoms with van der Waals surface area (Å²) in [5.74, 6) is 0.119. The lowest BCUT2D eigenvalue weighted by atomic mass is 10.1. The van der Waals surface area contributed by atoms with E-state index in [0.717, 1.165) is 10.4 Å². The van der Waals surface area contributed by atoms with E-state index < -0.39 is 11.6 Å². The number of carbonyl (C=O) groups excluding carboxylic acids is 2. The molecule has 4 N–H and O–H groups in total. The van der Waals surface area contributed by atoms with Crippen molar-refractivity contribution in [1.82, 2.24) is 5.53 Å². The first-order valence-electron chi connectivity index (χ1n) is 10.7. The van der Waals surface area contributed by atoms with E-state index in [0.29, 0.717) is 32.8 Å². The van der Waals surface area contributed by atoms with Crippen LogP contribution in [0.4, 0.5) is 11.4 Å². The molecule has 0 saturated heterocycles. The highest BCUT2D eigenvalue weighted by Gasteiger charge is 2.29. The number of methoxy groups -OCH3 is 1. The van der Waals surface area contributed by atoms with Gasteiger partial charge in [0.15, 0.2) is 11.5 Å². The number of rotatable bonds is 8. The number of thiophene rings is 1. The van der Waals surface area contributed by atoms with Crippen LogP contribution in [0.1, 0.15) is 23.5 Å². The first kappa shape index (κ1) is 24.8. The molecule has 0 bridgehead atoms. The van der Waals surface area contributed by atoms with Crippen molar-refractivity contribution in [3.63, 3.8) is 0 Å². The third-order valence-electron chi connectivity index (χ3n) is 5.10. The first-order chi connectivity index (χ1) is 16.7. The van der Waals surface area contributed by atoms with Crippen molar-refractivity contribution in [2.24, 2.45) is 5.73 Å². The number of nitrogens with two attached hydrogens (primary N) is 1. The quantitative estimate of drug-likeness (QED) is 0.381. The molecular weight excluding hydrogens is 492 g/mol. The van der Waals surface area contributed by atoms with Gasteiger partial charge in [0.25, 0.3) is 5.91 Å². The summed E-state index contributed by atoms with van der Waals surface area (Å²) in [6, 6.07) is 14.5. The molecule has 1 amide bonds. The molecule has 11 heteroatoms. The highest BCUT2D eigenvalue weighted by Crippen LogP contribution is 2.39. The Morgan fingerprint density at radius 1 is 1.14 bits per heavy atom. The van der Waals surface area contributed by atoms with Gasteiger partial charge in [-0.3, -0.25) is 9.59 Å². The number of hydrogen-bond donors (Lipinski definition) is 3. The van der Waals surface area contributed by atoms with Crippen LogP contribution in [0, 0.1) is 0 Å². The topological polar surface area (TPSA) is 115 Å². The molecule has 2 heterocycles. The van der Waals surface area contributed by atoms with Crippen LogP contribution < -0.4 is 31.2 Å². The lowest BCUT2D eigenvalue weighted by molar-refractivity contribution is -0.157. The number of anilines is 2. The van der Waals surface area contributed by atoms with Gasteiger partial charge in [-0.2, -0.15) is 0 Å². The van der Waals surface area contributed by atoms with Crippen molar-refractivity contribution < 1.29 is 23.8 Å². The van der Waals surface area contributed by atoms with Crippen molar-refractivity contribution >= 4 is 46.2 Å². The number of esters is 1. The average molecular weight is 517 g/mol. The Labute approximate surface area is 211 Å². The molecule has 0 saturated carbocycles. The number of carbonyl (C=O) groups is 2. The number of hydrogen-bond acceptors (Lipinski definition) is 9. The molecular formula is C24H25ClN4O5S. The second kappa shape index (κ2) is 10.1. The van der Waals surface area contributed by atoms with Crippen LogP contribution in [-0.2, 0) is 9.53 Å². The Morgan fingerprint density at radius 3 is 2.57 bits per heavy atom. The van der Waals surface area contributed by atoms with Crippen LogP contribution in [0.15, 0.2) is 48.5 Å². The van der Waals surface area contributed by atoms with Gasteiger partial charge in [-0.1, -0.05) is 23.7 Å². The summed E-state index contributed by atoms with van der Waals surface area (Å²) in [5, 5.41) is 2.04. The number of hydrazine groups is 2. The molecule has 0 spiro atoms. The fourth-order valence-electron chi connectivity index (χ4n) is 3.39. The third kappa shape index (κ3) is 5.51. The molecule has 0 atom stereocenters. The Balaban J connectivity index is 1.51. The summed E-state index contributed by atoms with van der Waals surface area (Å²) >= 11 is 7.38. The summed E-state index contributed by atoms with van der Waals surface area (Å²) in [5.41, 5.74) is 12.6. The molecule has 0 radical (unpaired) electrons. The van der Waals surface area contributed by atoms with Gasteiger partial charge in [0.1, 0.15) is 17.1 Å². The fraction of sp³-hybridized carbons (Fsp3) is 0.250. The number of nitrogens with one attached hydrogen (secondary N) is 2. The first-order valence-corrected chi connectivity index (χ1v) is 11.9. The highest BCUT2D eigenvalue weighted by molar-refractivity contribution is 7.18. The van der Waals surface area contributed by atoms with Gasteiger partial charge in [-0.25, -0.2) is 5.01 Å². The van der Waals surface area contributed by atoms with Crippen LogP contribution in [0.3, 0.4) is 0 Å². The van der Waals surface area contributed by atoms with Crippen molar-refractivity contribution in [2.75, 3.05) is 30.7 Å². The molecule has 184 valence electrons. The second-order valence-corrected chi connectivity index (χ2v) is 9.79. The molecule has 1 aromatic heterocycles. The third-order valence-corrected chi connectivity index (χ3v) is 6.52. The molecule has 4 rings (SSSR count). The van der Waals surface area contributed by atoms with Gasteiger partial charge in [0.2, 0.25) is 0 Å². The molecule has 0 aliphatic carbocycles. The number of halogens is 1. The van der Waals surface area contributed by atoms with Crippen molar-refractivity contribution in [3.05, 3.63) is 58.4 Å². The summed E-state index contributed by atoms with van der Waals surface area (Å²) in [4.78, 5) is 26.3. The molecule has 3 aromatic rings. The summed E-state index contributed by atoms with van der Waals surface area (Å²) < 4.78 is 16.6. The highest BCUT2D eigenvalue weighted by atomic mass is 35.5. The van der Waals surface area contributed by atoms with Gasteiger partial charge in [-0.15, -0.1) is 16.9 Å². The maximum atomic E-state index is 13.3. The standard InChI is InChI=1S/C24H25ClN4O5S/c1-24(2,34-21(30)12-26)13-33-18-9-8-16(10-19(18)32-3)29-23(31)22-17(27-28-29)11-20(35-22)14-4-6-15(25)7-5-14/h4-11,27-28H,12-13,26H2,1-3H3. The van der Waals surface area contributed by atoms with Crippen molar-refractivity contribution in [1.29, 1.82) is 0 Å². The number of amides is 1. The maximum absolute atomic E-state index is 13.3. The number of fused-ring (bicyclic) bond motifs is 1. The van der Waals surface area contributed by atoms with E-state index in [2.05, 4.69) is 11.0 Å². The van der Waals surface area contributed by atoms with Gasteiger partial charge in [0, 0.05) is 16.0 Å². The SMILES string of the molecule is COc1cc(N2NNc3cc(-c4ccc(Cl)cc4)sc3C2=O)ccc1OCC(C)(C)OC(=O)CN. The van der Waals surface area contributed by atoms with Crippen molar-refractivity contribution in [2.45, 2.75) is 19.4 Å². The zero-order valence-electron chi connectivity index (χ0n) is 19.4. The Bertz CT molecular complexity index is 1250. The smallest absolute Gasteiger partial charge is 0.320 e. The Kier molecular flexibility index (Phi) is 7.18. The van der Waals surface area contributed by atoms with E-state index in [1.807, 2.05) is 30.3 Å². The molecule has 1 aliphatic heterocycles. The van der Waals surface area contributed by atoms with Gasteiger partial charge in [-0.05, 0) is 49.7 Å². The van der Waals surface area contributed by atoms with E-state index in [4.69, 9.17) is 31.5 Å². The predicted molar refractivity (Wildman–Crippen MR) is 136 cm³/mol. The molecule has 35 heavy (non-hydrogen) atoms. The molecule has 2 aromatic carbocycles. The Hall–Kier alpha value is -3.31. The number of ether oxygens (including phenoxy) is 3. The number of nitrogens with zero attached hydrogens (tertiary/aromatic N) is 1. The van der Waals surface area contributed by atoms with Crippen molar-refractivity contribution in [3.8, 4) is 21.9 Å². The van der Waals surface area contributed by atoms with E-state index >= 15 is 0 Å². The monoisotopic (exact) mass is 516 g/mol. The summed E-state index contributed by atoms with van der Waals surface area (Å²) in [7, 11) is 1.50. The van der Waals surface area contributed by atoms with E-state index in [1.165, 1.54) is 23.5 Å². The van der Waals surface area contributed by atoms with Gasteiger partial charge < -0.3 is 25.4 Å². The minimum absolute atomic E-state index is 0.0862. The fourth-order valence-corrected chi connectivity index (χ4v) is 4.57. The number of benzene rings is 2. The van der Waals surface area contributed by atoms with Crippen LogP contribution in [0.5, 0.6) is 11.5 Å². The summed E-state index contributed by atoms with van der Waals surface area (Å²) in [6.45, 7) is 3.32. The van der Waals surface area contributed by atoms with E-state index in [1.54, 1.807) is 32.0 Å². The lowest BCUT2D eigenvalue weighted by Crippen LogP contribution is -2.49. The minimum atomic E-state index is -0.883. The van der Waals surface area contributed by atoms with E-state index in [-0.39, 0.29) is 19.1 Å². The lowest BCUT2D eigenvalue weighted by Gasteiger charge is -2.29. The molecule has 0 fully saturated rings. The maximum Gasteiger partial charge on any atom is 0.320 e. The van der Waals surface area contributed by atoms with Crippen LogP contribution in [0.25, 0.3) is 10.4 Å². The second-order valence-electron chi connectivity index (χ2n) is 8.30. The van der Waals surface area contributed by atoms with Gasteiger partial charge in [0.05, 0.1) is 25.0 Å². The zero-order valence-corrected chi connectivity index (χ0v) is 21.0. The van der Waals surface area contributed by atoms with Gasteiger partial charge >= 0.3 is 5.97 Å². The minimum Gasteiger partial charge on any atom is -0.493 e. The average Bonchev–Trinajstić information content (AvgIpc) is 3.28. The predicted octanol–water partition coefficient (Wildman–Crippen LogP) is 4.23. The molecule has 0 unspecified atom stereocenters. The molecule has 1 aliphatic rings. The normalized spacial score (nSPS) is 13.2. The van der Waals surface area contributed by atoms with E-state index in [9.17, 15) is 9.59 Å². The van der Waals surface area contributed by atoms with Crippen LogP contribution >= 0.6 is 22.9 Å². The van der Waals surface area contributed by atoms with Crippen LogP contribution in [-0.4, -0.2) is 37.7 Å².